The molecule has 2 N–H and O–H groups in total. The average Bonchev–Trinajstić information content (AvgIpc) is 2.49. The van der Waals surface area contributed by atoms with E-state index in [1.165, 1.54) is 5.69 Å². The van der Waals surface area contributed by atoms with Crippen molar-refractivity contribution in [1.29, 1.82) is 0 Å². The summed E-state index contributed by atoms with van der Waals surface area (Å²) >= 11 is 0. The van der Waals surface area contributed by atoms with Gasteiger partial charge in [-0.15, -0.1) is 24.8 Å². The van der Waals surface area contributed by atoms with Gasteiger partial charge in [0.05, 0.1) is 5.69 Å². The van der Waals surface area contributed by atoms with Crippen molar-refractivity contribution in [3.05, 3.63) is 35.8 Å². The Hall–Kier alpha value is -0.770. The number of fused-ring (bicyclic) bond motifs is 1. The molecule has 0 aromatic carbocycles. The molecule has 2 aromatic rings. The third-order valence-corrected chi connectivity index (χ3v) is 1.95. The monoisotopic (exact) mass is 233 g/mol. The highest BCUT2D eigenvalue weighted by Crippen LogP contribution is 2.07. The van der Waals surface area contributed by atoms with Gasteiger partial charge in [-0.1, -0.05) is 6.07 Å². The molecular weight excluding hydrogens is 221 g/mol. The maximum absolute atomic E-state index is 5.49. The first-order valence-corrected chi connectivity index (χ1v) is 3.95. The fourth-order valence-electron chi connectivity index (χ4n) is 1.30. The average molecular weight is 234 g/mol. The van der Waals surface area contributed by atoms with Crippen molar-refractivity contribution in [3.8, 4) is 0 Å². The molecule has 0 saturated carbocycles. The van der Waals surface area contributed by atoms with Crippen LogP contribution in [0.5, 0.6) is 0 Å². The van der Waals surface area contributed by atoms with Gasteiger partial charge < -0.3 is 10.1 Å². The highest BCUT2D eigenvalue weighted by Gasteiger charge is 1.99. The van der Waals surface area contributed by atoms with Crippen molar-refractivity contribution < 1.29 is 0 Å². The molecular formula is C9H13Cl2N3. The normalized spacial score (nSPS) is 9.29. The van der Waals surface area contributed by atoms with Gasteiger partial charge in [-0.05, 0) is 19.1 Å². The van der Waals surface area contributed by atoms with Crippen LogP contribution in [0, 0.1) is 6.92 Å². The zero-order chi connectivity index (χ0) is 8.55. The third kappa shape index (κ3) is 2.18. The lowest BCUT2D eigenvalue weighted by Crippen LogP contribution is -1.95. The summed E-state index contributed by atoms with van der Waals surface area (Å²) in [4.78, 5) is 4.33. The number of aromatic nitrogens is 2. The van der Waals surface area contributed by atoms with E-state index in [9.17, 15) is 0 Å². The van der Waals surface area contributed by atoms with Crippen LogP contribution in [0.25, 0.3) is 5.65 Å². The second-order valence-corrected chi connectivity index (χ2v) is 2.83. The number of rotatable bonds is 1. The summed E-state index contributed by atoms with van der Waals surface area (Å²) in [6.07, 6.45) is 1.98. The Morgan fingerprint density at radius 1 is 1.36 bits per heavy atom. The smallest absolute Gasteiger partial charge is 0.137 e. The maximum atomic E-state index is 5.49. The Kier molecular flexibility index (Phi) is 4.91. The van der Waals surface area contributed by atoms with Crippen LogP contribution in [0.2, 0.25) is 0 Å². The van der Waals surface area contributed by atoms with Gasteiger partial charge in [-0.25, -0.2) is 4.98 Å². The molecule has 5 heteroatoms. The number of halogens is 2. The minimum absolute atomic E-state index is 0. The summed E-state index contributed by atoms with van der Waals surface area (Å²) in [6.45, 7) is 2.55. The number of aryl methyl sites for hydroxylation is 1. The molecule has 0 atom stereocenters. The molecule has 78 valence electrons. The van der Waals surface area contributed by atoms with Crippen molar-refractivity contribution in [3.63, 3.8) is 0 Å². The lowest BCUT2D eigenvalue weighted by Gasteiger charge is -1.95. The largest absolute Gasteiger partial charge is 0.325 e. The third-order valence-electron chi connectivity index (χ3n) is 1.95. The number of pyridine rings is 1. The minimum atomic E-state index is 0. The fraction of sp³-hybridized carbons (Fsp3) is 0.222. The standard InChI is InChI=1S/C9H11N3.2ClH/c1-7-3-2-4-9-11-8(5-10)6-12(7)9;;/h2-4,6H,5,10H2,1H3;2*1H. The number of imidazole rings is 1. The summed E-state index contributed by atoms with van der Waals surface area (Å²) < 4.78 is 2.04. The van der Waals surface area contributed by atoms with Crippen LogP contribution in [-0.2, 0) is 6.54 Å². The van der Waals surface area contributed by atoms with Crippen LogP contribution in [0.15, 0.2) is 24.4 Å². The van der Waals surface area contributed by atoms with E-state index in [4.69, 9.17) is 5.73 Å². The van der Waals surface area contributed by atoms with Crippen molar-refractivity contribution in [2.24, 2.45) is 5.73 Å². The summed E-state index contributed by atoms with van der Waals surface area (Å²) in [5.74, 6) is 0. The highest BCUT2D eigenvalue weighted by molar-refractivity contribution is 5.85. The molecule has 2 rings (SSSR count). The molecule has 3 nitrogen and oxygen atoms in total. The summed E-state index contributed by atoms with van der Waals surface area (Å²) in [5, 5.41) is 0. The van der Waals surface area contributed by atoms with Gasteiger partial charge in [0.2, 0.25) is 0 Å². The van der Waals surface area contributed by atoms with Gasteiger partial charge in [-0.3, -0.25) is 0 Å². The first kappa shape index (κ1) is 13.2. The molecule has 0 aliphatic carbocycles. The first-order valence-electron chi connectivity index (χ1n) is 3.95. The second kappa shape index (κ2) is 5.20. The number of hydrogen-bond acceptors (Lipinski definition) is 2. The van der Waals surface area contributed by atoms with Crippen LogP contribution in [0.3, 0.4) is 0 Å². The van der Waals surface area contributed by atoms with E-state index < -0.39 is 0 Å². The molecule has 2 aromatic heterocycles. The molecule has 0 spiro atoms. The lowest BCUT2D eigenvalue weighted by molar-refractivity contribution is 1.01. The topological polar surface area (TPSA) is 43.3 Å². The summed E-state index contributed by atoms with van der Waals surface area (Å²) in [5.41, 5.74) is 8.57. The van der Waals surface area contributed by atoms with Gasteiger partial charge in [0, 0.05) is 18.4 Å². The van der Waals surface area contributed by atoms with Crippen molar-refractivity contribution in [2.45, 2.75) is 13.5 Å². The van der Waals surface area contributed by atoms with Crippen molar-refractivity contribution in [2.75, 3.05) is 0 Å². The SMILES string of the molecule is Cc1cccc2nc(CN)cn12.Cl.Cl. The Bertz CT molecular complexity index is 411. The van der Waals surface area contributed by atoms with Crippen LogP contribution in [-0.4, -0.2) is 9.38 Å². The van der Waals surface area contributed by atoms with Crippen molar-refractivity contribution in [1.82, 2.24) is 9.38 Å². The highest BCUT2D eigenvalue weighted by atomic mass is 35.5. The van der Waals surface area contributed by atoms with E-state index in [1.807, 2.05) is 22.7 Å². The summed E-state index contributed by atoms with van der Waals surface area (Å²) in [6, 6.07) is 6.03. The predicted molar refractivity (Wildman–Crippen MR) is 62.3 cm³/mol. The fourth-order valence-corrected chi connectivity index (χ4v) is 1.30. The van der Waals surface area contributed by atoms with Crippen LogP contribution >= 0.6 is 24.8 Å². The Balaban J connectivity index is 0.000000845. The van der Waals surface area contributed by atoms with Gasteiger partial charge in [0.15, 0.2) is 0 Å². The maximum Gasteiger partial charge on any atom is 0.137 e. The van der Waals surface area contributed by atoms with Gasteiger partial charge in [0.1, 0.15) is 5.65 Å². The first-order chi connectivity index (χ1) is 5.81. The summed E-state index contributed by atoms with van der Waals surface area (Å²) in [7, 11) is 0. The van der Waals surface area contributed by atoms with E-state index in [2.05, 4.69) is 18.0 Å². The van der Waals surface area contributed by atoms with Gasteiger partial charge in [0.25, 0.3) is 0 Å². The number of nitrogens with zero attached hydrogens (tertiary/aromatic N) is 2. The van der Waals surface area contributed by atoms with Crippen LogP contribution in [0.4, 0.5) is 0 Å². The van der Waals surface area contributed by atoms with E-state index >= 15 is 0 Å². The molecule has 0 radical (unpaired) electrons. The molecule has 14 heavy (non-hydrogen) atoms. The van der Waals surface area contributed by atoms with E-state index in [0.717, 1.165) is 11.3 Å². The zero-order valence-electron chi connectivity index (χ0n) is 7.80. The Morgan fingerprint density at radius 2 is 2.07 bits per heavy atom. The molecule has 0 amide bonds. The molecule has 2 heterocycles. The Morgan fingerprint density at radius 3 is 2.64 bits per heavy atom. The number of nitrogens with two attached hydrogens (primary N) is 1. The molecule has 0 bridgehead atoms. The predicted octanol–water partition coefficient (Wildman–Crippen LogP) is 1.95. The number of hydrogen-bond donors (Lipinski definition) is 1. The quantitative estimate of drug-likeness (QED) is 0.819. The van der Waals surface area contributed by atoms with E-state index in [0.29, 0.717) is 6.54 Å². The van der Waals surface area contributed by atoms with Crippen molar-refractivity contribution >= 4 is 30.5 Å². The molecule has 0 saturated heterocycles. The minimum Gasteiger partial charge on any atom is -0.325 e. The van der Waals surface area contributed by atoms with Gasteiger partial charge in [-0.2, -0.15) is 0 Å². The van der Waals surface area contributed by atoms with Crippen LogP contribution in [0.1, 0.15) is 11.4 Å². The second-order valence-electron chi connectivity index (χ2n) is 2.83. The van der Waals surface area contributed by atoms with Crippen LogP contribution < -0.4 is 5.73 Å². The van der Waals surface area contributed by atoms with E-state index in [-0.39, 0.29) is 24.8 Å². The molecule has 0 unspecified atom stereocenters. The zero-order valence-corrected chi connectivity index (χ0v) is 9.44. The van der Waals surface area contributed by atoms with Gasteiger partial charge >= 0.3 is 0 Å². The molecule has 0 aliphatic heterocycles. The molecule has 0 aliphatic rings. The lowest BCUT2D eigenvalue weighted by atomic mass is 10.4. The Labute approximate surface area is 95.1 Å². The molecule has 0 fully saturated rings. The van der Waals surface area contributed by atoms with E-state index in [1.54, 1.807) is 0 Å².